The maximum absolute atomic E-state index is 14.0. The lowest BCUT2D eigenvalue weighted by atomic mass is 10.1. The van der Waals surface area contributed by atoms with Crippen molar-refractivity contribution in [2.24, 2.45) is 0 Å². The smallest absolute Gasteiger partial charge is 0.286 e. The average Bonchev–Trinajstić information content (AvgIpc) is 3.39. The molecule has 0 bridgehead atoms. The zero-order chi connectivity index (χ0) is 21.3. The molecule has 1 saturated heterocycles. The molecule has 1 fully saturated rings. The Morgan fingerprint density at radius 1 is 1.03 bits per heavy atom. The Morgan fingerprint density at radius 2 is 1.73 bits per heavy atom. The van der Waals surface area contributed by atoms with Crippen LogP contribution in [0.1, 0.15) is 44.1 Å². The first-order valence-electron chi connectivity index (χ1n) is 9.09. The number of amides is 2. The van der Waals surface area contributed by atoms with Crippen molar-refractivity contribution in [3.63, 3.8) is 0 Å². The number of hydrogen-bond acceptors (Lipinski definition) is 5. The van der Waals surface area contributed by atoms with Gasteiger partial charge in [-0.1, -0.05) is 17.4 Å². The van der Waals surface area contributed by atoms with Gasteiger partial charge in [-0.05, 0) is 49.2 Å². The minimum Gasteiger partial charge on any atom is -0.329 e. The number of rotatable bonds is 4. The van der Waals surface area contributed by atoms with Crippen LogP contribution in [-0.2, 0) is 0 Å². The Morgan fingerprint density at radius 3 is 2.43 bits per heavy atom. The fraction of sp³-hybridized carbons (Fsp3) is 0.200. The predicted octanol–water partition coefficient (Wildman–Crippen LogP) is 4.19. The number of hydrogen-bond donors (Lipinski definition) is 1. The van der Waals surface area contributed by atoms with Crippen molar-refractivity contribution in [1.82, 2.24) is 15.1 Å². The highest BCUT2D eigenvalue weighted by Crippen LogP contribution is 2.35. The summed E-state index contributed by atoms with van der Waals surface area (Å²) in [6.45, 7) is 0.313. The Kier molecular flexibility index (Phi) is 5.49. The maximum Gasteiger partial charge on any atom is 0.286 e. The van der Waals surface area contributed by atoms with Gasteiger partial charge in [-0.2, -0.15) is 0 Å². The van der Waals surface area contributed by atoms with E-state index in [0.29, 0.717) is 30.1 Å². The van der Waals surface area contributed by atoms with Crippen LogP contribution in [0.15, 0.2) is 42.5 Å². The number of halogens is 3. The summed E-state index contributed by atoms with van der Waals surface area (Å²) in [6, 6.07) is 7.98. The average molecular weight is 432 g/mol. The standard InChI is InChI=1S/C20H15F3N4O2S/c21-11-6-8-12(9-7-11)24-17(28)19-26-25-18(30-19)15-5-2-10-27(15)20(29)16-13(22)3-1-4-14(16)23/h1,3-4,6-9,15H,2,5,10H2,(H,24,28)/t15-/m1/s1. The quantitative estimate of drug-likeness (QED) is 0.671. The molecule has 1 aliphatic heterocycles. The van der Waals surface area contributed by atoms with Crippen LogP contribution in [0.4, 0.5) is 18.9 Å². The van der Waals surface area contributed by atoms with Gasteiger partial charge in [-0.3, -0.25) is 9.59 Å². The molecule has 6 nitrogen and oxygen atoms in total. The predicted molar refractivity (Wildman–Crippen MR) is 104 cm³/mol. The number of aromatic nitrogens is 2. The van der Waals surface area contributed by atoms with Gasteiger partial charge < -0.3 is 10.2 Å². The van der Waals surface area contributed by atoms with Gasteiger partial charge >= 0.3 is 0 Å². The van der Waals surface area contributed by atoms with Gasteiger partial charge in [0.25, 0.3) is 11.8 Å². The molecule has 3 aromatic rings. The van der Waals surface area contributed by atoms with Crippen LogP contribution >= 0.6 is 11.3 Å². The minimum absolute atomic E-state index is 0.0608. The van der Waals surface area contributed by atoms with E-state index in [0.717, 1.165) is 23.5 Å². The normalized spacial score (nSPS) is 16.0. The summed E-state index contributed by atoms with van der Waals surface area (Å²) in [4.78, 5) is 26.5. The van der Waals surface area contributed by atoms with Crippen LogP contribution in [-0.4, -0.2) is 33.5 Å². The van der Waals surface area contributed by atoms with Crippen molar-refractivity contribution < 1.29 is 22.8 Å². The summed E-state index contributed by atoms with van der Waals surface area (Å²) in [6.07, 6.45) is 1.17. The third kappa shape index (κ3) is 3.90. The second-order valence-corrected chi connectivity index (χ2v) is 7.67. The SMILES string of the molecule is O=C(Nc1ccc(F)cc1)c1nnc([C@H]2CCCN2C(=O)c2c(F)cccc2F)s1. The summed E-state index contributed by atoms with van der Waals surface area (Å²) in [5, 5.41) is 10.9. The van der Waals surface area contributed by atoms with Crippen LogP contribution in [0, 0.1) is 17.5 Å². The molecule has 1 aromatic heterocycles. The van der Waals surface area contributed by atoms with Crippen molar-refractivity contribution in [2.45, 2.75) is 18.9 Å². The molecule has 0 saturated carbocycles. The van der Waals surface area contributed by atoms with Gasteiger partial charge in [0.1, 0.15) is 28.0 Å². The fourth-order valence-electron chi connectivity index (χ4n) is 3.29. The monoisotopic (exact) mass is 432 g/mol. The van der Waals surface area contributed by atoms with E-state index in [9.17, 15) is 22.8 Å². The third-order valence-corrected chi connectivity index (χ3v) is 5.74. The Hall–Kier alpha value is -3.27. The molecule has 0 aliphatic carbocycles. The van der Waals surface area contributed by atoms with Gasteiger partial charge in [-0.25, -0.2) is 13.2 Å². The first-order valence-corrected chi connectivity index (χ1v) is 9.91. The summed E-state index contributed by atoms with van der Waals surface area (Å²) in [7, 11) is 0. The molecule has 1 aliphatic rings. The van der Waals surface area contributed by atoms with Gasteiger partial charge in [0.2, 0.25) is 5.01 Å². The molecule has 0 unspecified atom stereocenters. The van der Waals surface area contributed by atoms with E-state index in [4.69, 9.17) is 0 Å². The van der Waals surface area contributed by atoms with Crippen LogP contribution in [0.25, 0.3) is 0 Å². The van der Waals surface area contributed by atoms with Gasteiger partial charge in [0, 0.05) is 12.2 Å². The molecule has 4 rings (SSSR count). The Labute approximate surface area is 173 Å². The molecule has 154 valence electrons. The molecule has 0 spiro atoms. The van der Waals surface area contributed by atoms with Crippen molar-refractivity contribution in [3.05, 3.63) is 75.5 Å². The summed E-state index contributed by atoms with van der Waals surface area (Å²) < 4.78 is 41.1. The van der Waals surface area contributed by atoms with Gasteiger partial charge in [0.05, 0.1) is 6.04 Å². The maximum atomic E-state index is 14.0. The number of nitrogens with one attached hydrogen (secondary N) is 1. The highest BCUT2D eigenvalue weighted by Gasteiger charge is 2.35. The molecule has 1 N–H and O–H groups in total. The van der Waals surface area contributed by atoms with Crippen molar-refractivity contribution in [2.75, 3.05) is 11.9 Å². The van der Waals surface area contributed by atoms with Gasteiger partial charge in [-0.15, -0.1) is 10.2 Å². The van der Waals surface area contributed by atoms with E-state index in [1.54, 1.807) is 0 Å². The van der Waals surface area contributed by atoms with Gasteiger partial charge in [0.15, 0.2) is 0 Å². The Balaban J connectivity index is 1.52. The highest BCUT2D eigenvalue weighted by molar-refractivity contribution is 7.13. The summed E-state index contributed by atoms with van der Waals surface area (Å²) in [5.41, 5.74) is -0.214. The number of benzene rings is 2. The summed E-state index contributed by atoms with van der Waals surface area (Å²) >= 11 is 0.996. The molecule has 1 atom stereocenters. The third-order valence-electron chi connectivity index (χ3n) is 4.71. The fourth-order valence-corrected chi connectivity index (χ4v) is 4.18. The van der Waals surface area contributed by atoms with Crippen LogP contribution in [0.5, 0.6) is 0 Å². The number of carbonyl (C=O) groups excluding carboxylic acids is 2. The zero-order valence-corrected chi connectivity index (χ0v) is 16.3. The molecular formula is C20H15F3N4O2S. The lowest BCUT2D eigenvalue weighted by molar-refractivity contribution is 0.0725. The number of likely N-dealkylation sites (tertiary alicyclic amines) is 1. The molecule has 2 aromatic carbocycles. The van der Waals surface area contributed by atoms with Crippen molar-refractivity contribution in [3.8, 4) is 0 Å². The molecule has 10 heteroatoms. The summed E-state index contributed by atoms with van der Waals surface area (Å²) in [5.74, 6) is -3.57. The molecule has 30 heavy (non-hydrogen) atoms. The lowest BCUT2D eigenvalue weighted by Gasteiger charge is -2.23. The van der Waals surface area contributed by atoms with Crippen LogP contribution in [0.2, 0.25) is 0 Å². The largest absolute Gasteiger partial charge is 0.329 e. The second kappa shape index (κ2) is 8.23. The molecule has 2 amide bonds. The number of anilines is 1. The topological polar surface area (TPSA) is 75.2 Å². The second-order valence-electron chi connectivity index (χ2n) is 6.66. The first kappa shape index (κ1) is 20.0. The molecule has 0 radical (unpaired) electrons. The van der Waals surface area contributed by atoms with E-state index >= 15 is 0 Å². The zero-order valence-electron chi connectivity index (χ0n) is 15.4. The van der Waals surface area contributed by atoms with E-state index in [2.05, 4.69) is 15.5 Å². The number of carbonyl (C=O) groups is 2. The number of nitrogens with zero attached hydrogens (tertiary/aromatic N) is 3. The van der Waals surface area contributed by atoms with Crippen molar-refractivity contribution in [1.29, 1.82) is 0 Å². The highest BCUT2D eigenvalue weighted by atomic mass is 32.1. The van der Waals surface area contributed by atoms with E-state index in [-0.39, 0.29) is 5.01 Å². The minimum atomic E-state index is -0.928. The van der Waals surface area contributed by atoms with Crippen LogP contribution in [0.3, 0.4) is 0 Å². The van der Waals surface area contributed by atoms with Crippen molar-refractivity contribution >= 4 is 28.8 Å². The van der Waals surface area contributed by atoms with E-state index in [1.807, 2.05) is 0 Å². The van der Waals surface area contributed by atoms with E-state index < -0.39 is 40.9 Å². The van der Waals surface area contributed by atoms with E-state index in [1.165, 1.54) is 35.2 Å². The first-order chi connectivity index (χ1) is 14.4. The Bertz CT molecular complexity index is 1080. The molecular weight excluding hydrogens is 417 g/mol. The van der Waals surface area contributed by atoms with Crippen LogP contribution < -0.4 is 5.32 Å². The lowest BCUT2D eigenvalue weighted by Crippen LogP contribution is -2.32. The molecule has 2 heterocycles.